The molecule has 0 bridgehead atoms. The van der Waals surface area contributed by atoms with Gasteiger partial charge >= 0.3 is 0 Å². The number of nitrogens with one attached hydrogen (secondary N) is 1. The van der Waals surface area contributed by atoms with Crippen LogP contribution < -0.4 is 10.9 Å². The topological polar surface area (TPSA) is 46.4 Å². The van der Waals surface area contributed by atoms with E-state index >= 15 is 0 Å². The van der Waals surface area contributed by atoms with Crippen LogP contribution in [0.2, 0.25) is 5.02 Å². The van der Waals surface area contributed by atoms with Gasteiger partial charge in [0.2, 0.25) is 0 Å². The first-order valence-electron chi connectivity index (χ1n) is 7.49. The number of aromatic nitrogens is 2. The summed E-state index contributed by atoms with van der Waals surface area (Å²) in [5.41, 5.74) is 1.22. The van der Waals surface area contributed by atoms with E-state index in [9.17, 15) is 4.79 Å². The lowest BCUT2D eigenvalue weighted by Gasteiger charge is -2.21. The largest absolute Gasteiger partial charge is 0.303 e. The Morgan fingerprint density at radius 1 is 1.35 bits per heavy atom. The normalized spacial score (nSPS) is 12.9. The third-order valence-corrected chi connectivity index (χ3v) is 4.87. The number of rotatable bonds is 5. The summed E-state index contributed by atoms with van der Waals surface area (Å²) in [6.45, 7) is 4.92. The fourth-order valence-corrected chi connectivity index (χ4v) is 3.70. The van der Waals surface area contributed by atoms with Crippen LogP contribution in [0.5, 0.6) is 0 Å². The lowest BCUT2D eigenvalue weighted by molar-refractivity contribution is 0.414. The molecular formula is C17H18ClN3OS. The monoisotopic (exact) mass is 347 g/mol. The summed E-state index contributed by atoms with van der Waals surface area (Å²) in [5.74, 6) is 0.453. The van der Waals surface area contributed by atoms with E-state index in [1.807, 2.05) is 0 Å². The van der Waals surface area contributed by atoms with Crippen molar-refractivity contribution in [2.75, 3.05) is 0 Å². The van der Waals surface area contributed by atoms with Gasteiger partial charge in [0, 0.05) is 29.7 Å². The van der Waals surface area contributed by atoms with Crippen molar-refractivity contribution in [1.29, 1.82) is 0 Å². The van der Waals surface area contributed by atoms with Crippen molar-refractivity contribution < 1.29 is 0 Å². The molecule has 0 radical (unpaired) electrons. The van der Waals surface area contributed by atoms with Gasteiger partial charge in [0.15, 0.2) is 0 Å². The van der Waals surface area contributed by atoms with Crippen LogP contribution in [-0.2, 0) is 6.54 Å². The second kappa shape index (κ2) is 6.83. The summed E-state index contributed by atoms with van der Waals surface area (Å²) in [6.07, 6.45) is 1.59. The molecule has 0 saturated heterocycles. The molecule has 3 rings (SSSR count). The van der Waals surface area contributed by atoms with Gasteiger partial charge in [-0.2, -0.15) is 0 Å². The van der Waals surface area contributed by atoms with Gasteiger partial charge in [0.05, 0.1) is 10.7 Å². The zero-order valence-electron chi connectivity index (χ0n) is 13.0. The SMILES string of the molecule is CC(C)[C@@H](NCc1cc(=O)n2cc(Cl)ccc2n1)c1cccs1. The van der Waals surface area contributed by atoms with E-state index in [1.165, 1.54) is 9.28 Å². The molecule has 6 heteroatoms. The van der Waals surface area contributed by atoms with E-state index in [1.54, 1.807) is 35.7 Å². The summed E-state index contributed by atoms with van der Waals surface area (Å²) in [5, 5.41) is 6.11. The minimum absolute atomic E-state index is 0.119. The molecular weight excluding hydrogens is 330 g/mol. The van der Waals surface area contributed by atoms with Gasteiger partial charge in [-0.25, -0.2) is 4.98 Å². The molecule has 3 heterocycles. The average molecular weight is 348 g/mol. The average Bonchev–Trinajstić information content (AvgIpc) is 3.02. The number of nitrogens with zero attached hydrogens (tertiary/aromatic N) is 2. The Hall–Kier alpha value is -1.69. The maximum absolute atomic E-state index is 12.2. The Morgan fingerprint density at radius 2 is 2.17 bits per heavy atom. The van der Waals surface area contributed by atoms with Gasteiger partial charge < -0.3 is 5.32 Å². The second-order valence-electron chi connectivity index (χ2n) is 5.78. The third kappa shape index (κ3) is 3.63. The number of pyridine rings is 1. The van der Waals surface area contributed by atoms with Crippen LogP contribution in [0.1, 0.15) is 30.5 Å². The first kappa shape index (κ1) is 16.2. The van der Waals surface area contributed by atoms with Gasteiger partial charge in [-0.15, -0.1) is 11.3 Å². The quantitative estimate of drug-likeness (QED) is 0.761. The summed E-state index contributed by atoms with van der Waals surface area (Å²) in [7, 11) is 0. The van der Waals surface area contributed by atoms with Crippen LogP contribution in [0.4, 0.5) is 0 Å². The molecule has 0 aliphatic heterocycles. The molecule has 3 aromatic rings. The standard InChI is InChI=1S/C17H18ClN3OS/c1-11(2)17(14-4-3-7-23-14)19-9-13-8-16(22)21-10-12(18)5-6-15(21)20-13/h3-8,10-11,17,19H,9H2,1-2H3/t17-/m1/s1. The Bertz CT molecular complexity index is 858. The molecule has 120 valence electrons. The number of halogens is 1. The molecule has 4 nitrogen and oxygen atoms in total. The zero-order valence-corrected chi connectivity index (χ0v) is 14.6. The molecule has 3 aromatic heterocycles. The van der Waals surface area contributed by atoms with Gasteiger partial charge in [-0.1, -0.05) is 31.5 Å². The van der Waals surface area contributed by atoms with Crippen LogP contribution in [0.25, 0.3) is 5.65 Å². The first-order valence-corrected chi connectivity index (χ1v) is 8.75. The Balaban J connectivity index is 1.84. The molecule has 0 amide bonds. The zero-order chi connectivity index (χ0) is 16.4. The van der Waals surface area contributed by atoms with Crippen LogP contribution in [0.15, 0.2) is 46.7 Å². The molecule has 0 fully saturated rings. The molecule has 0 aliphatic rings. The molecule has 1 atom stereocenters. The van der Waals surface area contributed by atoms with Gasteiger partial charge in [0.1, 0.15) is 5.65 Å². The minimum atomic E-state index is -0.119. The maximum atomic E-state index is 12.2. The van der Waals surface area contributed by atoms with Crippen LogP contribution in [0, 0.1) is 5.92 Å². The highest BCUT2D eigenvalue weighted by atomic mass is 35.5. The molecule has 1 N–H and O–H groups in total. The summed E-state index contributed by atoms with van der Waals surface area (Å²) < 4.78 is 1.46. The fourth-order valence-electron chi connectivity index (χ4n) is 2.56. The van der Waals surface area contributed by atoms with Crippen molar-refractivity contribution in [3.8, 4) is 0 Å². The lowest BCUT2D eigenvalue weighted by Crippen LogP contribution is -2.26. The smallest absolute Gasteiger partial charge is 0.258 e. The van der Waals surface area contributed by atoms with E-state index in [0.29, 0.717) is 23.1 Å². The van der Waals surface area contributed by atoms with E-state index in [-0.39, 0.29) is 11.6 Å². The molecule has 0 spiro atoms. The van der Waals surface area contributed by atoms with Crippen molar-refractivity contribution in [3.05, 3.63) is 67.9 Å². The van der Waals surface area contributed by atoms with E-state index < -0.39 is 0 Å². The van der Waals surface area contributed by atoms with Crippen molar-refractivity contribution in [1.82, 2.24) is 14.7 Å². The lowest BCUT2D eigenvalue weighted by atomic mass is 10.0. The molecule has 0 saturated carbocycles. The maximum Gasteiger partial charge on any atom is 0.258 e. The van der Waals surface area contributed by atoms with Crippen LogP contribution in [-0.4, -0.2) is 9.38 Å². The Kier molecular flexibility index (Phi) is 4.80. The predicted molar refractivity (Wildman–Crippen MR) is 95.2 cm³/mol. The van der Waals surface area contributed by atoms with Crippen molar-refractivity contribution in [3.63, 3.8) is 0 Å². The highest BCUT2D eigenvalue weighted by molar-refractivity contribution is 7.10. The second-order valence-corrected chi connectivity index (χ2v) is 7.19. The molecule has 0 aliphatic carbocycles. The van der Waals surface area contributed by atoms with Gasteiger partial charge in [-0.3, -0.25) is 9.20 Å². The first-order chi connectivity index (χ1) is 11.0. The van der Waals surface area contributed by atoms with Gasteiger partial charge in [0.25, 0.3) is 5.56 Å². The van der Waals surface area contributed by atoms with Gasteiger partial charge in [-0.05, 0) is 29.5 Å². The van der Waals surface area contributed by atoms with Crippen molar-refractivity contribution in [2.45, 2.75) is 26.4 Å². The third-order valence-electron chi connectivity index (χ3n) is 3.70. The Morgan fingerprint density at radius 3 is 2.87 bits per heavy atom. The predicted octanol–water partition coefficient (Wildman–Crippen LogP) is 3.90. The van der Waals surface area contributed by atoms with Crippen molar-refractivity contribution >= 4 is 28.6 Å². The van der Waals surface area contributed by atoms with Crippen LogP contribution in [0.3, 0.4) is 0 Å². The van der Waals surface area contributed by atoms with E-state index in [0.717, 1.165) is 5.69 Å². The fraction of sp³-hybridized carbons (Fsp3) is 0.294. The van der Waals surface area contributed by atoms with Crippen molar-refractivity contribution in [2.24, 2.45) is 5.92 Å². The molecule has 0 aromatic carbocycles. The number of hydrogen-bond acceptors (Lipinski definition) is 4. The highest BCUT2D eigenvalue weighted by Crippen LogP contribution is 2.25. The summed E-state index contributed by atoms with van der Waals surface area (Å²) in [6, 6.07) is 9.49. The highest BCUT2D eigenvalue weighted by Gasteiger charge is 2.16. The summed E-state index contributed by atoms with van der Waals surface area (Å²) >= 11 is 7.66. The number of hydrogen-bond donors (Lipinski definition) is 1. The van der Waals surface area contributed by atoms with E-state index in [2.05, 4.69) is 41.7 Å². The summed E-state index contributed by atoms with van der Waals surface area (Å²) in [4.78, 5) is 18.0. The van der Waals surface area contributed by atoms with Crippen LogP contribution >= 0.6 is 22.9 Å². The minimum Gasteiger partial charge on any atom is -0.303 e. The number of fused-ring (bicyclic) bond motifs is 1. The Labute approximate surface area is 143 Å². The molecule has 0 unspecified atom stereocenters. The molecule has 23 heavy (non-hydrogen) atoms. The number of thiophene rings is 1. The van der Waals surface area contributed by atoms with E-state index in [4.69, 9.17) is 11.6 Å².